The van der Waals surface area contributed by atoms with E-state index in [1.54, 1.807) is 24.3 Å². The Morgan fingerprint density at radius 3 is 1.90 bits per heavy atom. The number of hydrogen-bond donors (Lipinski definition) is 1. The summed E-state index contributed by atoms with van der Waals surface area (Å²) in [5.74, 6) is 0. The first-order valence-corrected chi connectivity index (χ1v) is 6.26. The topological polar surface area (TPSA) is 20.2 Å². The number of alkyl halides is 3. The van der Waals surface area contributed by atoms with Crippen LogP contribution >= 0.6 is 11.6 Å². The van der Waals surface area contributed by atoms with Crippen LogP contribution in [0, 0.1) is 0 Å². The minimum absolute atomic E-state index is 0.346. The number of rotatable bonds is 2. The summed E-state index contributed by atoms with van der Waals surface area (Å²) >= 11 is 6.02. The Kier molecular flexibility index (Phi) is 3.80. The summed E-state index contributed by atoms with van der Waals surface area (Å²) < 4.78 is 37.6. The molecule has 106 valence electrons. The molecule has 0 bridgehead atoms. The highest BCUT2D eigenvalue weighted by molar-refractivity contribution is 6.31. The number of aliphatic hydroxyl groups is 1. The molecule has 2 aromatic rings. The van der Waals surface area contributed by atoms with Crippen LogP contribution in [0.3, 0.4) is 0 Å². The number of hydrogen-bond acceptors (Lipinski definition) is 1. The lowest BCUT2D eigenvalue weighted by molar-refractivity contribution is -0.137. The largest absolute Gasteiger partial charge is 0.416 e. The Morgan fingerprint density at radius 1 is 0.900 bits per heavy atom. The summed E-state index contributed by atoms with van der Waals surface area (Å²) in [5, 5.41) is 10.9. The molecule has 1 unspecified atom stereocenters. The monoisotopic (exact) mass is 300 g/mol. The second kappa shape index (κ2) is 5.11. The van der Waals surface area contributed by atoms with E-state index in [2.05, 4.69) is 0 Å². The predicted octanol–water partition coefficient (Wildman–Crippen LogP) is 4.61. The zero-order valence-electron chi connectivity index (χ0n) is 10.6. The van der Waals surface area contributed by atoms with Crippen molar-refractivity contribution in [2.24, 2.45) is 0 Å². The summed E-state index contributed by atoms with van der Waals surface area (Å²) in [6.45, 7) is 1.50. The highest BCUT2D eigenvalue weighted by Crippen LogP contribution is 2.35. The van der Waals surface area contributed by atoms with E-state index in [1.165, 1.54) is 19.1 Å². The van der Waals surface area contributed by atoms with Crippen molar-refractivity contribution in [2.75, 3.05) is 0 Å². The van der Waals surface area contributed by atoms with Gasteiger partial charge in [0, 0.05) is 10.6 Å². The Balaban J connectivity index is 2.43. The molecule has 1 nitrogen and oxygen atoms in total. The molecular weight excluding hydrogens is 289 g/mol. The van der Waals surface area contributed by atoms with Crippen LogP contribution in [0.4, 0.5) is 13.2 Å². The maximum Gasteiger partial charge on any atom is 0.416 e. The molecule has 0 aliphatic heterocycles. The smallest absolute Gasteiger partial charge is 0.381 e. The number of benzene rings is 2. The molecule has 0 spiro atoms. The van der Waals surface area contributed by atoms with Crippen molar-refractivity contribution in [2.45, 2.75) is 18.7 Å². The van der Waals surface area contributed by atoms with E-state index in [1.807, 2.05) is 0 Å². The molecule has 20 heavy (non-hydrogen) atoms. The fraction of sp³-hybridized carbons (Fsp3) is 0.200. The van der Waals surface area contributed by atoms with Gasteiger partial charge in [-0.15, -0.1) is 0 Å². The van der Waals surface area contributed by atoms with Crippen molar-refractivity contribution >= 4 is 11.6 Å². The second-order valence-corrected chi connectivity index (χ2v) is 5.03. The third kappa shape index (κ3) is 2.81. The van der Waals surface area contributed by atoms with E-state index in [9.17, 15) is 18.3 Å². The first-order chi connectivity index (χ1) is 9.23. The van der Waals surface area contributed by atoms with Gasteiger partial charge in [0.2, 0.25) is 0 Å². The van der Waals surface area contributed by atoms with Gasteiger partial charge in [-0.1, -0.05) is 41.9 Å². The zero-order chi connectivity index (χ0) is 15.0. The third-order valence-electron chi connectivity index (χ3n) is 3.17. The van der Waals surface area contributed by atoms with Crippen molar-refractivity contribution in [3.8, 4) is 0 Å². The maximum absolute atomic E-state index is 12.5. The van der Waals surface area contributed by atoms with Gasteiger partial charge in [-0.25, -0.2) is 0 Å². The van der Waals surface area contributed by atoms with Crippen LogP contribution < -0.4 is 0 Å². The molecule has 1 N–H and O–H groups in total. The zero-order valence-corrected chi connectivity index (χ0v) is 11.3. The first-order valence-electron chi connectivity index (χ1n) is 5.88. The van der Waals surface area contributed by atoms with Gasteiger partial charge in [0.1, 0.15) is 5.60 Å². The Bertz CT molecular complexity index is 603. The molecule has 0 aromatic heterocycles. The minimum atomic E-state index is -4.39. The average Bonchev–Trinajstić information content (AvgIpc) is 2.38. The predicted molar refractivity (Wildman–Crippen MR) is 71.6 cm³/mol. The lowest BCUT2D eigenvalue weighted by Crippen LogP contribution is -2.23. The molecule has 0 fully saturated rings. The second-order valence-electron chi connectivity index (χ2n) is 4.63. The van der Waals surface area contributed by atoms with Crippen LogP contribution in [0.25, 0.3) is 0 Å². The fourth-order valence-electron chi connectivity index (χ4n) is 2.00. The maximum atomic E-state index is 12.5. The SMILES string of the molecule is CC(O)(c1ccc(C(F)(F)F)cc1)c1ccccc1Cl. The molecule has 5 heteroatoms. The van der Waals surface area contributed by atoms with Gasteiger partial charge in [0.15, 0.2) is 0 Å². The molecule has 1 atom stereocenters. The van der Waals surface area contributed by atoms with Crippen molar-refractivity contribution in [1.82, 2.24) is 0 Å². The van der Waals surface area contributed by atoms with E-state index in [-0.39, 0.29) is 0 Å². The van der Waals surface area contributed by atoms with Gasteiger partial charge in [0.05, 0.1) is 5.56 Å². The summed E-state index contributed by atoms with van der Waals surface area (Å²) in [5.41, 5.74) is -1.42. The van der Waals surface area contributed by atoms with Gasteiger partial charge < -0.3 is 5.11 Å². The summed E-state index contributed by atoms with van der Waals surface area (Å²) in [6.07, 6.45) is -4.39. The lowest BCUT2D eigenvalue weighted by atomic mass is 9.88. The van der Waals surface area contributed by atoms with Crippen LogP contribution in [0.5, 0.6) is 0 Å². The normalized spacial score (nSPS) is 14.9. The van der Waals surface area contributed by atoms with Crippen LogP contribution in [0.15, 0.2) is 48.5 Å². The molecular formula is C15H12ClF3O. The van der Waals surface area contributed by atoms with Gasteiger partial charge in [-0.05, 0) is 30.7 Å². The highest BCUT2D eigenvalue weighted by Gasteiger charge is 2.32. The fourth-order valence-corrected chi connectivity index (χ4v) is 2.31. The molecule has 2 rings (SSSR count). The molecule has 0 aliphatic rings. The molecule has 0 aliphatic carbocycles. The average molecular weight is 301 g/mol. The van der Waals surface area contributed by atoms with Gasteiger partial charge >= 0.3 is 6.18 Å². The summed E-state index contributed by atoms with van der Waals surface area (Å²) in [6, 6.07) is 11.1. The Labute approximate surface area is 119 Å². The third-order valence-corrected chi connectivity index (χ3v) is 3.50. The molecule has 0 saturated carbocycles. The van der Waals surface area contributed by atoms with E-state index >= 15 is 0 Å². The van der Waals surface area contributed by atoms with Gasteiger partial charge in [0.25, 0.3) is 0 Å². The van der Waals surface area contributed by atoms with Crippen molar-refractivity contribution < 1.29 is 18.3 Å². The van der Waals surface area contributed by atoms with Crippen molar-refractivity contribution in [1.29, 1.82) is 0 Å². The van der Waals surface area contributed by atoms with Crippen LogP contribution in [-0.4, -0.2) is 5.11 Å². The highest BCUT2D eigenvalue weighted by atomic mass is 35.5. The van der Waals surface area contributed by atoms with E-state index in [4.69, 9.17) is 11.6 Å². The van der Waals surface area contributed by atoms with Crippen LogP contribution in [0.2, 0.25) is 5.02 Å². The number of halogens is 4. The lowest BCUT2D eigenvalue weighted by Gasteiger charge is -2.26. The van der Waals surface area contributed by atoms with E-state index in [0.29, 0.717) is 16.1 Å². The van der Waals surface area contributed by atoms with Crippen molar-refractivity contribution in [3.63, 3.8) is 0 Å². The van der Waals surface area contributed by atoms with E-state index < -0.39 is 17.3 Å². The summed E-state index contributed by atoms with van der Waals surface area (Å²) in [7, 11) is 0. The minimum Gasteiger partial charge on any atom is -0.381 e. The molecule has 0 heterocycles. The van der Waals surface area contributed by atoms with Crippen molar-refractivity contribution in [3.05, 3.63) is 70.2 Å². The van der Waals surface area contributed by atoms with E-state index in [0.717, 1.165) is 12.1 Å². The first kappa shape index (κ1) is 14.9. The molecule has 0 radical (unpaired) electrons. The Hall–Kier alpha value is -1.52. The standard InChI is InChI=1S/C15H12ClF3O/c1-14(20,12-4-2-3-5-13(12)16)10-6-8-11(9-7-10)15(17,18)19/h2-9,20H,1H3. The van der Waals surface area contributed by atoms with Crippen LogP contribution in [-0.2, 0) is 11.8 Å². The summed E-state index contributed by atoms with van der Waals surface area (Å²) in [4.78, 5) is 0. The Morgan fingerprint density at radius 2 is 1.40 bits per heavy atom. The van der Waals surface area contributed by atoms with Gasteiger partial charge in [-0.2, -0.15) is 13.2 Å². The van der Waals surface area contributed by atoms with Gasteiger partial charge in [-0.3, -0.25) is 0 Å². The van der Waals surface area contributed by atoms with Crippen LogP contribution in [0.1, 0.15) is 23.6 Å². The quantitative estimate of drug-likeness (QED) is 0.858. The molecule has 0 saturated heterocycles. The molecule has 0 amide bonds. The molecule has 2 aromatic carbocycles.